The van der Waals surface area contributed by atoms with E-state index in [4.69, 9.17) is 14.2 Å². The summed E-state index contributed by atoms with van der Waals surface area (Å²) in [5.41, 5.74) is 2.66. The van der Waals surface area contributed by atoms with Crippen LogP contribution in [0.4, 0.5) is 0 Å². The van der Waals surface area contributed by atoms with E-state index in [1.54, 1.807) is 7.11 Å². The molecule has 29 heavy (non-hydrogen) atoms. The van der Waals surface area contributed by atoms with E-state index in [-0.39, 0.29) is 18.2 Å². The fourth-order valence-electron chi connectivity index (χ4n) is 4.15. The minimum Gasteiger partial charge on any atom is -0.497 e. The first-order chi connectivity index (χ1) is 14.2. The van der Waals surface area contributed by atoms with E-state index in [1.807, 2.05) is 54.6 Å². The topological polar surface area (TPSA) is 44.8 Å². The van der Waals surface area contributed by atoms with Crippen LogP contribution in [0.3, 0.4) is 0 Å². The second-order valence-electron chi connectivity index (χ2n) is 7.76. The number of carbonyl (C=O) groups excluding carboxylic acids is 1. The van der Waals surface area contributed by atoms with Crippen LogP contribution < -0.4 is 4.74 Å². The van der Waals surface area contributed by atoms with Crippen LogP contribution in [0.25, 0.3) is 5.76 Å². The minimum absolute atomic E-state index is 0.0417. The molecule has 1 saturated carbocycles. The van der Waals surface area contributed by atoms with E-state index in [0.29, 0.717) is 17.8 Å². The standard InChI is InChI=1S/C25H28O4/c1-27-20-14-12-18(13-15-20)23-17-16-22(24(29-23)19-8-4-2-5-9-19)25(26)28-21-10-6-3-7-11-21/h2,4-5,8-9,12-15,21,23H,3,6-7,10-11,16-17H2,1H3. The lowest BCUT2D eigenvalue weighted by molar-refractivity contribution is -0.146. The molecule has 1 aliphatic heterocycles. The van der Waals surface area contributed by atoms with E-state index in [9.17, 15) is 4.79 Å². The van der Waals surface area contributed by atoms with Crippen LogP contribution in [0.5, 0.6) is 5.75 Å². The number of methoxy groups -OCH3 is 1. The van der Waals surface area contributed by atoms with Crippen molar-refractivity contribution in [2.75, 3.05) is 7.11 Å². The molecule has 1 fully saturated rings. The molecular formula is C25H28O4. The van der Waals surface area contributed by atoms with Gasteiger partial charge < -0.3 is 14.2 Å². The molecule has 0 N–H and O–H groups in total. The monoisotopic (exact) mass is 392 g/mol. The molecule has 1 atom stereocenters. The van der Waals surface area contributed by atoms with E-state index in [1.165, 1.54) is 6.42 Å². The lowest BCUT2D eigenvalue weighted by Crippen LogP contribution is -2.24. The highest BCUT2D eigenvalue weighted by atomic mass is 16.5. The highest BCUT2D eigenvalue weighted by Gasteiger charge is 2.30. The summed E-state index contributed by atoms with van der Waals surface area (Å²) in [6, 6.07) is 17.8. The molecule has 0 saturated heterocycles. The number of esters is 1. The number of hydrogen-bond donors (Lipinski definition) is 0. The number of rotatable bonds is 5. The first-order valence-electron chi connectivity index (χ1n) is 10.5. The molecule has 0 spiro atoms. The predicted molar refractivity (Wildman–Crippen MR) is 112 cm³/mol. The number of benzene rings is 2. The van der Waals surface area contributed by atoms with Crippen molar-refractivity contribution in [3.05, 3.63) is 71.3 Å². The van der Waals surface area contributed by atoms with Crippen molar-refractivity contribution < 1.29 is 19.0 Å². The maximum atomic E-state index is 13.0. The van der Waals surface area contributed by atoms with Crippen molar-refractivity contribution in [2.45, 2.75) is 57.2 Å². The average molecular weight is 392 g/mol. The maximum absolute atomic E-state index is 13.0. The zero-order valence-electron chi connectivity index (χ0n) is 16.9. The molecular weight excluding hydrogens is 364 g/mol. The third-order valence-electron chi connectivity index (χ3n) is 5.79. The molecule has 0 bridgehead atoms. The molecule has 4 nitrogen and oxygen atoms in total. The van der Waals surface area contributed by atoms with Crippen LogP contribution in [0, 0.1) is 0 Å². The molecule has 1 unspecified atom stereocenters. The van der Waals surface area contributed by atoms with Gasteiger partial charge in [-0.05, 0) is 56.2 Å². The van der Waals surface area contributed by atoms with Gasteiger partial charge in [-0.15, -0.1) is 0 Å². The molecule has 2 aliphatic rings. The fraction of sp³-hybridized carbons (Fsp3) is 0.400. The molecule has 0 radical (unpaired) electrons. The van der Waals surface area contributed by atoms with Gasteiger partial charge in [0.25, 0.3) is 0 Å². The number of hydrogen-bond acceptors (Lipinski definition) is 4. The Balaban J connectivity index is 1.59. The summed E-state index contributed by atoms with van der Waals surface area (Å²) >= 11 is 0. The van der Waals surface area contributed by atoms with E-state index < -0.39 is 0 Å². The van der Waals surface area contributed by atoms with Crippen molar-refractivity contribution in [3.63, 3.8) is 0 Å². The Morgan fingerprint density at radius 1 is 0.931 bits per heavy atom. The number of carbonyl (C=O) groups is 1. The quantitative estimate of drug-likeness (QED) is 0.600. The molecule has 0 aromatic heterocycles. The largest absolute Gasteiger partial charge is 0.497 e. The Bertz CT molecular complexity index is 848. The van der Waals surface area contributed by atoms with Gasteiger partial charge in [0, 0.05) is 5.56 Å². The zero-order chi connectivity index (χ0) is 20.1. The Kier molecular flexibility index (Phi) is 6.18. The van der Waals surface area contributed by atoms with Crippen LogP contribution in [0.2, 0.25) is 0 Å². The minimum atomic E-state index is -0.219. The smallest absolute Gasteiger partial charge is 0.338 e. The fourth-order valence-corrected chi connectivity index (χ4v) is 4.15. The van der Waals surface area contributed by atoms with Gasteiger partial charge in [0.1, 0.15) is 23.7 Å². The summed E-state index contributed by atoms with van der Waals surface area (Å²) in [4.78, 5) is 13.0. The molecule has 2 aromatic rings. The van der Waals surface area contributed by atoms with E-state index in [2.05, 4.69) is 0 Å². The lowest BCUT2D eigenvalue weighted by Gasteiger charge is -2.30. The molecule has 0 amide bonds. The van der Waals surface area contributed by atoms with Gasteiger partial charge in [0.15, 0.2) is 0 Å². The molecule has 2 aromatic carbocycles. The van der Waals surface area contributed by atoms with Gasteiger partial charge >= 0.3 is 5.97 Å². The summed E-state index contributed by atoms with van der Waals surface area (Å²) < 4.78 is 17.5. The summed E-state index contributed by atoms with van der Waals surface area (Å²) in [5, 5.41) is 0. The summed E-state index contributed by atoms with van der Waals surface area (Å²) in [5.74, 6) is 1.25. The van der Waals surface area contributed by atoms with Crippen LogP contribution in [-0.4, -0.2) is 19.2 Å². The SMILES string of the molecule is COc1ccc(C2CCC(C(=O)OC3CCCCC3)=C(c3ccccc3)O2)cc1. The van der Waals surface area contributed by atoms with Gasteiger partial charge in [-0.3, -0.25) is 0 Å². The van der Waals surface area contributed by atoms with Crippen LogP contribution >= 0.6 is 0 Å². The maximum Gasteiger partial charge on any atom is 0.338 e. The highest BCUT2D eigenvalue weighted by Crippen LogP contribution is 2.39. The van der Waals surface area contributed by atoms with Gasteiger partial charge in [-0.1, -0.05) is 48.9 Å². The van der Waals surface area contributed by atoms with Crippen molar-refractivity contribution in [1.82, 2.24) is 0 Å². The normalized spacial score (nSPS) is 20.1. The first-order valence-corrected chi connectivity index (χ1v) is 10.5. The van der Waals surface area contributed by atoms with Gasteiger partial charge in [0.05, 0.1) is 12.7 Å². The lowest BCUT2D eigenvalue weighted by atomic mass is 9.94. The summed E-state index contributed by atoms with van der Waals surface area (Å²) in [7, 11) is 1.66. The van der Waals surface area contributed by atoms with Crippen molar-refractivity contribution in [2.24, 2.45) is 0 Å². The molecule has 1 heterocycles. The summed E-state index contributed by atoms with van der Waals surface area (Å²) in [6.45, 7) is 0. The van der Waals surface area contributed by atoms with Crippen molar-refractivity contribution in [1.29, 1.82) is 0 Å². The highest BCUT2D eigenvalue weighted by molar-refractivity contribution is 5.96. The summed E-state index contributed by atoms with van der Waals surface area (Å²) in [6.07, 6.45) is 6.78. The first kappa shape index (κ1) is 19.6. The molecule has 1 aliphatic carbocycles. The Morgan fingerprint density at radius 3 is 2.34 bits per heavy atom. The van der Waals surface area contributed by atoms with Crippen molar-refractivity contribution >= 4 is 11.7 Å². The second kappa shape index (κ2) is 9.17. The Hall–Kier alpha value is -2.75. The Morgan fingerprint density at radius 2 is 1.66 bits per heavy atom. The third-order valence-corrected chi connectivity index (χ3v) is 5.79. The van der Waals surface area contributed by atoms with Crippen molar-refractivity contribution in [3.8, 4) is 5.75 Å². The molecule has 152 valence electrons. The number of ether oxygens (including phenoxy) is 3. The van der Waals surface area contributed by atoms with Gasteiger partial charge in [-0.25, -0.2) is 4.79 Å². The van der Waals surface area contributed by atoms with Crippen LogP contribution in [0.15, 0.2) is 60.2 Å². The van der Waals surface area contributed by atoms with Gasteiger partial charge in [0.2, 0.25) is 0 Å². The zero-order valence-corrected chi connectivity index (χ0v) is 16.9. The molecule has 4 rings (SSSR count). The van der Waals surface area contributed by atoms with Gasteiger partial charge in [-0.2, -0.15) is 0 Å². The van der Waals surface area contributed by atoms with Crippen LogP contribution in [-0.2, 0) is 14.3 Å². The van der Waals surface area contributed by atoms with Crippen LogP contribution in [0.1, 0.15) is 62.2 Å². The average Bonchev–Trinajstić information content (AvgIpc) is 2.80. The molecule has 4 heteroatoms. The predicted octanol–water partition coefficient (Wildman–Crippen LogP) is 5.83. The van der Waals surface area contributed by atoms with E-state index >= 15 is 0 Å². The third kappa shape index (κ3) is 4.64. The van der Waals surface area contributed by atoms with E-state index in [0.717, 1.165) is 49.0 Å². The Labute approximate surface area is 172 Å². The second-order valence-corrected chi connectivity index (χ2v) is 7.76.